The average molecular weight is 416 g/mol. The van der Waals surface area contributed by atoms with E-state index in [1.54, 1.807) is 31.4 Å². The molecule has 0 aliphatic carbocycles. The Balaban J connectivity index is 1.86. The van der Waals surface area contributed by atoms with E-state index in [1.807, 2.05) is 12.1 Å². The molecule has 0 fully saturated rings. The minimum atomic E-state index is -0.351. The van der Waals surface area contributed by atoms with Crippen LogP contribution in [0.4, 0.5) is 0 Å². The van der Waals surface area contributed by atoms with Crippen molar-refractivity contribution in [2.24, 2.45) is 5.10 Å². The molecule has 0 unspecified atom stereocenters. The minimum absolute atomic E-state index is 0.130. The molecular weight excluding hydrogens is 404 g/mol. The molecule has 7 heteroatoms. The minimum Gasteiger partial charge on any atom is -0.483 e. The molecule has 5 nitrogen and oxygen atoms in total. The first kappa shape index (κ1) is 15.8. The standard InChI is InChI=1S/C14H12Br2N2O3/c1-9(12-3-2-6-20-12)17-18-14(19)8-21-13-5-4-10(15)7-11(13)16/h2-7H,8H2,1H3,(H,18,19)/b17-9+. The molecular formula is C14H12Br2N2O3. The lowest BCUT2D eigenvalue weighted by atomic mass is 10.3. The van der Waals surface area contributed by atoms with Crippen LogP contribution in [0.5, 0.6) is 5.75 Å². The van der Waals surface area contributed by atoms with E-state index >= 15 is 0 Å². The topological polar surface area (TPSA) is 63.8 Å². The average Bonchev–Trinajstić information content (AvgIpc) is 2.98. The number of benzene rings is 1. The van der Waals surface area contributed by atoms with Crippen molar-refractivity contribution in [1.29, 1.82) is 0 Å². The number of hydrogen-bond donors (Lipinski definition) is 1. The number of carbonyl (C=O) groups is 1. The molecule has 21 heavy (non-hydrogen) atoms. The molecule has 0 radical (unpaired) electrons. The number of hydrazone groups is 1. The maximum atomic E-state index is 11.7. The van der Waals surface area contributed by atoms with Crippen molar-refractivity contribution >= 4 is 43.5 Å². The van der Waals surface area contributed by atoms with Crippen LogP contribution in [-0.2, 0) is 4.79 Å². The number of rotatable bonds is 5. The molecule has 0 atom stereocenters. The number of nitrogens with zero attached hydrogens (tertiary/aromatic N) is 1. The molecule has 1 amide bonds. The first-order valence-corrected chi connectivity index (χ1v) is 7.59. The summed E-state index contributed by atoms with van der Waals surface area (Å²) in [6, 6.07) is 8.95. The molecule has 1 N–H and O–H groups in total. The Hall–Kier alpha value is -1.60. The fraction of sp³-hybridized carbons (Fsp3) is 0.143. The second-order valence-corrected chi connectivity index (χ2v) is 5.84. The third-order valence-electron chi connectivity index (χ3n) is 2.48. The number of carbonyl (C=O) groups excluding carboxylic acids is 1. The Kier molecular flexibility index (Phi) is 5.58. The number of nitrogens with one attached hydrogen (secondary N) is 1. The van der Waals surface area contributed by atoms with Crippen LogP contribution in [-0.4, -0.2) is 18.2 Å². The fourth-order valence-corrected chi connectivity index (χ4v) is 2.62. The molecule has 1 aromatic heterocycles. The SMILES string of the molecule is C/C(=N\NC(=O)COc1ccc(Br)cc1Br)c1ccco1. The number of hydrogen-bond acceptors (Lipinski definition) is 4. The third-order valence-corrected chi connectivity index (χ3v) is 3.59. The van der Waals surface area contributed by atoms with E-state index in [4.69, 9.17) is 9.15 Å². The monoisotopic (exact) mass is 414 g/mol. The van der Waals surface area contributed by atoms with Crippen molar-refractivity contribution in [3.8, 4) is 5.75 Å². The van der Waals surface area contributed by atoms with Crippen molar-refractivity contribution < 1.29 is 13.9 Å². The van der Waals surface area contributed by atoms with E-state index in [-0.39, 0.29) is 12.5 Å². The molecule has 1 aromatic carbocycles. The Labute approximate surface area is 138 Å². The van der Waals surface area contributed by atoms with Gasteiger partial charge in [-0.2, -0.15) is 5.10 Å². The van der Waals surface area contributed by atoms with Gasteiger partial charge < -0.3 is 9.15 Å². The van der Waals surface area contributed by atoms with Gasteiger partial charge in [-0.05, 0) is 53.2 Å². The van der Waals surface area contributed by atoms with Gasteiger partial charge in [0.2, 0.25) is 0 Å². The van der Waals surface area contributed by atoms with Crippen molar-refractivity contribution in [2.75, 3.05) is 6.61 Å². The second kappa shape index (κ2) is 7.42. The summed E-state index contributed by atoms with van der Waals surface area (Å²) in [5, 5.41) is 3.94. The van der Waals surface area contributed by atoms with Crippen molar-refractivity contribution in [1.82, 2.24) is 5.43 Å². The van der Waals surface area contributed by atoms with Gasteiger partial charge in [0.05, 0.1) is 10.7 Å². The molecule has 0 aliphatic heterocycles. The van der Waals surface area contributed by atoms with E-state index < -0.39 is 0 Å². The number of ether oxygens (including phenoxy) is 1. The van der Waals surface area contributed by atoms with Gasteiger partial charge in [-0.1, -0.05) is 15.9 Å². The fourth-order valence-electron chi connectivity index (χ4n) is 1.45. The van der Waals surface area contributed by atoms with E-state index in [2.05, 4.69) is 42.4 Å². The van der Waals surface area contributed by atoms with Gasteiger partial charge in [-0.3, -0.25) is 4.79 Å². The maximum Gasteiger partial charge on any atom is 0.277 e. The summed E-state index contributed by atoms with van der Waals surface area (Å²) >= 11 is 6.70. The summed E-state index contributed by atoms with van der Waals surface area (Å²) in [6.45, 7) is 1.61. The summed E-state index contributed by atoms with van der Waals surface area (Å²) in [5.74, 6) is 0.836. The molecule has 0 bridgehead atoms. The molecule has 110 valence electrons. The summed E-state index contributed by atoms with van der Waals surface area (Å²) in [6.07, 6.45) is 1.55. The van der Waals surface area contributed by atoms with Crippen LogP contribution in [0.1, 0.15) is 12.7 Å². The van der Waals surface area contributed by atoms with Gasteiger partial charge in [0, 0.05) is 4.47 Å². The van der Waals surface area contributed by atoms with Crippen LogP contribution in [0.25, 0.3) is 0 Å². The Morgan fingerprint density at radius 1 is 1.38 bits per heavy atom. The van der Waals surface area contributed by atoms with Gasteiger partial charge >= 0.3 is 0 Å². The molecule has 2 rings (SSSR count). The Morgan fingerprint density at radius 3 is 2.86 bits per heavy atom. The lowest BCUT2D eigenvalue weighted by Gasteiger charge is -2.07. The van der Waals surface area contributed by atoms with Gasteiger partial charge in [0.1, 0.15) is 17.2 Å². The molecule has 2 aromatic rings. The van der Waals surface area contributed by atoms with Gasteiger partial charge in [0.15, 0.2) is 6.61 Å². The number of halogens is 2. The quantitative estimate of drug-likeness (QED) is 0.597. The largest absolute Gasteiger partial charge is 0.483 e. The molecule has 0 aliphatic rings. The highest BCUT2D eigenvalue weighted by Gasteiger charge is 2.06. The van der Waals surface area contributed by atoms with Crippen LogP contribution in [0, 0.1) is 0 Å². The van der Waals surface area contributed by atoms with Crippen LogP contribution < -0.4 is 10.2 Å². The number of furan rings is 1. The normalized spacial score (nSPS) is 11.3. The van der Waals surface area contributed by atoms with Gasteiger partial charge in [0.25, 0.3) is 5.91 Å². The van der Waals surface area contributed by atoms with E-state index in [0.29, 0.717) is 17.2 Å². The Morgan fingerprint density at radius 2 is 2.19 bits per heavy atom. The van der Waals surface area contributed by atoms with Crippen LogP contribution in [0.15, 0.2) is 55.1 Å². The van der Waals surface area contributed by atoms with Crippen LogP contribution in [0.3, 0.4) is 0 Å². The zero-order chi connectivity index (χ0) is 15.2. The lowest BCUT2D eigenvalue weighted by molar-refractivity contribution is -0.123. The highest BCUT2D eigenvalue weighted by atomic mass is 79.9. The van der Waals surface area contributed by atoms with Crippen LogP contribution >= 0.6 is 31.9 Å². The lowest BCUT2D eigenvalue weighted by Crippen LogP contribution is -2.25. The first-order chi connectivity index (χ1) is 10.1. The summed E-state index contributed by atoms with van der Waals surface area (Å²) in [7, 11) is 0. The number of amides is 1. The molecule has 0 saturated heterocycles. The Bertz CT molecular complexity index is 654. The summed E-state index contributed by atoms with van der Waals surface area (Å²) in [5.41, 5.74) is 2.99. The van der Waals surface area contributed by atoms with E-state index in [9.17, 15) is 4.79 Å². The second-order valence-electron chi connectivity index (χ2n) is 4.07. The molecule has 1 heterocycles. The first-order valence-electron chi connectivity index (χ1n) is 6.01. The molecule has 0 spiro atoms. The highest BCUT2D eigenvalue weighted by Crippen LogP contribution is 2.27. The zero-order valence-electron chi connectivity index (χ0n) is 11.1. The van der Waals surface area contributed by atoms with Crippen LogP contribution in [0.2, 0.25) is 0 Å². The van der Waals surface area contributed by atoms with Crippen molar-refractivity contribution in [2.45, 2.75) is 6.92 Å². The van der Waals surface area contributed by atoms with Gasteiger partial charge in [-0.15, -0.1) is 0 Å². The maximum absolute atomic E-state index is 11.7. The summed E-state index contributed by atoms with van der Waals surface area (Å²) < 4.78 is 12.2. The van der Waals surface area contributed by atoms with Crippen molar-refractivity contribution in [3.63, 3.8) is 0 Å². The van der Waals surface area contributed by atoms with Crippen molar-refractivity contribution in [3.05, 3.63) is 51.3 Å². The molecule has 0 saturated carbocycles. The van der Waals surface area contributed by atoms with E-state index in [0.717, 1.165) is 8.95 Å². The highest BCUT2D eigenvalue weighted by molar-refractivity contribution is 9.11. The summed E-state index contributed by atoms with van der Waals surface area (Å²) in [4.78, 5) is 11.7. The predicted molar refractivity (Wildman–Crippen MR) is 86.4 cm³/mol. The third kappa shape index (κ3) is 4.71. The predicted octanol–water partition coefficient (Wildman–Crippen LogP) is 3.72. The smallest absolute Gasteiger partial charge is 0.277 e. The van der Waals surface area contributed by atoms with Gasteiger partial charge in [-0.25, -0.2) is 5.43 Å². The zero-order valence-corrected chi connectivity index (χ0v) is 14.3. The van der Waals surface area contributed by atoms with E-state index in [1.165, 1.54) is 0 Å².